The van der Waals surface area contributed by atoms with E-state index in [1.54, 1.807) is 17.4 Å². The van der Waals surface area contributed by atoms with Crippen LogP contribution in [0.4, 0.5) is 10.1 Å². The normalized spacial score (nSPS) is 10.1. The maximum atomic E-state index is 13.1. The van der Waals surface area contributed by atoms with Crippen molar-refractivity contribution in [3.8, 4) is 6.07 Å². The molecule has 1 aromatic carbocycles. The lowest BCUT2D eigenvalue weighted by molar-refractivity contribution is 0.624. The van der Waals surface area contributed by atoms with Gasteiger partial charge in [-0.05, 0) is 36.8 Å². The van der Waals surface area contributed by atoms with Gasteiger partial charge in [-0.25, -0.2) is 4.39 Å². The topological polar surface area (TPSA) is 35.8 Å². The molecule has 0 aliphatic carbocycles. The third-order valence-electron chi connectivity index (χ3n) is 2.62. The van der Waals surface area contributed by atoms with Crippen LogP contribution in [0.2, 0.25) is 0 Å². The molecule has 0 fully saturated rings. The summed E-state index contributed by atoms with van der Waals surface area (Å²) in [7, 11) is 0. The van der Waals surface area contributed by atoms with E-state index in [2.05, 4.69) is 24.4 Å². The van der Waals surface area contributed by atoms with Gasteiger partial charge in [0, 0.05) is 22.0 Å². The number of nitriles is 1. The molecule has 0 spiro atoms. The van der Waals surface area contributed by atoms with Crippen LogP contribution < -0.4 is 5.32 Å². The number of rotatable bonds is 4. The molecule has 0 amide bonds. The van der Waals surface area contributed by atoms with Crippen LogP contribution in [-0.4, -0.2) is 0 Å². The van der Waals surface area contributed by atoms with Crippen LogP contribution in [0.3, 0.4) is 0 Å². The van der Waals surface area contributed by atoms with Crippen molar-refractivity contribution in [3.05, 3.63) is 51.5 Å². The fraction of sp³-hybridized carbons (Fsp3) is 0.214. The second kappa shape index (κ2) is 5.65. The number of thiophene rings is 1. The molecule has 2 nitrogen and oxygen atoms in total. The van der Waals surface area contributed by atoms with E-state index < -0.39 is 5.82 Å². The Morgan fingerprint density at radius 3 is 2.72 bits per heavy atom. The van der Waals surface area contributed by atoms with Gasteiger partial charge < -0.3 is 5.32 Å². The molecule has 1 heterocycles. The van der Waals surface area contributed by atoms with Crippen LogP contribution in [0.5, 0.6) is 0 Å². The van der Waals surface area contributed by atoms with Gasteiger partial charge in [0.1, 0.15) is 11.9 Å². The van der Waals surface area contributed by atoms with Gasteiger partial charge in [0.05, 0.1) is 5.56 Å². The van der Waals surface area contributed by atoms with Crippen molar-refractivity contribution in [3.63, 3.8) is 0 Å². The van der Waals surface area contributed by atoms with E-state index in [-0.39, 0.29) is 5.56 Å². The van der Waals surface area contributed by atoms with Crippen molar-refractivity contribution in [2.75, 3.05) is 5.32 Å². The van der Waals surface area contributed by atoms with Crippen LogP contribution in [0.25, 0.3) is 0 Å². The Bertz CT molecular complexity index is 584. The molecule has 4 heteroatoms. The van der Waals surface area contributed by atoms with Crippen molar-refractivity contribution in [2.45, 2.75) is 19.9 Å². The van der Waals surface area contributed by atoms with Crippen molar-refractivity contribution < 1.29 is 4.39 Å². The SMILES string of the molecule is CCc1ccc(CNc2ccc(F)c(C#N)c2)s1. The van der Waals surface area contributed by atoms with E-state index in [0.717, 1.165) is 12.1 Å². The Kier molecular flexibility index (Phi) is 3.96. The lowest BCUT2D eigenvalue weighted by Gasteiger charge is -2.05. The van der Waals surface area contributed by atoms with E-state index >= 15 is 0 Å². The van der Waals surface area contributed by atoms with Gasteiger partial charge in [0.15, 0.2) is 0 Å². The number of halogens is 1. The Hall–Kier alpha value is -1.86. The Balaban J connectivity index is 2.04. The van der Waals surface area contributed by atoms with Gasteiger partial charge in [0.25, 0.3) is 0 Å². The number of nitrogens with one attached hydrogen (secondary N) is 1. The van der Waals surface area contributed by atoms with E-state index in [9.17, 15) is 4.39 Å². The largest absolute Gasteiger partial charge is 0.380 e. The molecular weight excluding hydrogens is 247 g/mol. The zero-order valence-electron chi connectivity index (χ0n) is 10.0. The molecule has 0 aliphatic heterocycles. The van der Waals surface area contributed by atoms with E-state index in [1.807, 2.05) is 6.07 Å². The highest BCUT2D eigenvalue weighted by molar-refractivity contribution is 7.12. The highest BCUT2D eigenvalue weighted by atomic mass is 32.1. The van der Waals surface area contributed by atoms with Crippen LogP contribution in [0.15, 0.2) is 30.3 Å². The van der Waals surface area contributed by atoms with Crippen LogP contribution in [-0.2, 0) is 13.0 Å². The second-order valence-corrected chi connectivity index (χ2v) is 5.13. The van der Waals surface area contributed by atoms with E-state index in [0.29, 0.717) is 6.54 Å². The molecule has 0 radical (unpaired) electrons. The third kappa shape index (κ3) is 2.88. The molecule has 2 aromatic rings. The second-order valence-electron chi connectivity index (χ2n) is 3.88. The smallest absolute Gasteiger partial charge is 0.141 e. The van der Waals surface area contributed by atoms with Crippen LogP contribution >= 0.6 is 11.3 Å². The maximum Gasteiger partial charge on any atom is 0.141 e. The molecule has 0 bridgehead atoms. The van der Waals surface area contributed by atoms with Crippen LogP contribution in [0, 0.1) is 17.1 Å². The van der Waals surface area contributed by atoms with Crippen molar-refractivity contribution in [1.82, 2.24) is 0 Å². The Morgan fingerprint density at radius 1 is 1.28 bits per heavy atom. The lowest BCUT2D eigenvalue weighted by atomic mass is 10.2. The summed E-state index contributed by atoms with van der Waals surface area (Å²) in [5.74, 6) is -0.479. The Morgan fingerprint density at radius 2 is 2.06 bits per heavy atom. The highest BCUT2D eigenvalue weighted by Crippen LogP contribution is 2.19. The molecule has 0 unspecified atom stereocenters. The summed E-state index contributed by atoms with van der Waals surface area (Å²) >= 11 is 1.76. The zero-order valence-corrected chi connectivity index (χ0v) is 10.9. The van der Waals surface area contributed by atoms with Crippen molar-refractivity contribution in [1.29, 1.82) is 5.26 Å². The number of benzene rings is 1. The minimum Gasteiger partial charge on any atom is -0.380 e. The van der Waals surface area contributed by atoms with Gasteiger partial charge >= 0.3 is 0 Å². The molecule has 1 aromatic heterocycles. The van der Waals surface area contributed by atoms with E-state index in [1.165, 1.54) is 21.9 Å². The van der Waals surface area contributed by atoms with Gasteiger partial charge in [-0.2, -0.15) is 5.26 Å². The number of hydrogen-bond acceptors (Lipinski definition) is 3. The Labute approximate surface area is 110 Å². The molecule has 0 atom stereocenters. The van der Waals surface area contributed by atoms with Gasteiger partial charge in [-0.3, -0.25) is 0 Å². The summed E-state index contributed by atoms with van der Waals surface area (Å²) in [6, 6.07) is 10.5. The first-order valence-corrected chi connectivity index (χ1v) is 6.55. The molecule has 0 saturated carbocycles. The summed E-state index contributed by atoms with van der Waals surface area (Å²) in [5, 5.41) is 11.9. The maximum absolute atomic E-state index is 13.1. The monoisotopic (exact) mass is 260 g/mol. The van der Waals surface area contributed by atoms with Gasteiger partial charge in [-0.15, -0.1) is 11.3 Å². The minimum atomic E-state index is -0.479. The predicted octanol–water partition coefficient (Wildman–Crippen LogP) is 3.93. The fourth-order valence-electron chi connectivity index (χ4n) is 1.62. The fourth-order valence-corrected chi connectivity index (χ4v) is 2.52. The van der Waals surface area contributed by atoms with Crippen molar-refractivity contribution in [2.24, 2.45) is 0 Å². The molecule has 92 valence electrons. The predicted molar refractivity (Wildman–Crippen MR) is 72.1 cm³/mol. The first-order chi connectivity index (χ1) is 8.72. The summed E-state index contributed by atoms with van der Waals surface area (Å²) in [6.07, 6.45) is 1.04. The zero-order chi connectivity index (χ0) is 13.0. The van der Waals surface area contributed by atoms with Crippen LogP contribution in [0.1, 0.15) is 22.2 Å². The van der Waals surface area contributed by atoms with E-state index in [4.69, 9.17) is 5.26 Å². The first kappa shape index (κ1) is 12.6. The number of hydrogen-bond donors (Lipinski definition) is 1. The molecule has 0 aliphatic rings. The molecule has 18 heavy (non-hydrogen) atoms. The summed E-state index contributed by atoms with van der Waals surface area (Å²) < 4.78 is 13.1. The standard InChI is InChI=1S/C14H13FN2S/c1-2-12-4-5-13(18-12)9-17-11-3-6-14(15)10(7-11)8-16/h3-7,17H,2,9H2,1H3. The number of anilines is 1. The summed E-state index contributed by atoms with van der Waals surface area (Å²) in [5.41, 5.74) is 0.833. The van der Waals surface area contributed by atoms with Crippen molar-refractivity contribution >= 4 is 17.0 Å². The molecular formula is C14H13FN2S. The highest BCUT2D eigenvalue weighted by Gasteiger charge is 2.03. The number of nitrogens with zero attached hydrogens (tertiary/aromatic N) is 1. The molecule has 0 saturated heterocycles. The minimum absolute atomic E-state index is 0.0698. The molecule has 1 N–H and O–H groups in total. The third-order valence-corrected chi connectivity index (χ3v) is 3.85. The quantitative estimate of drug-likeness (QED) is 0.904. The summed E-state index contributed by atoms with van der Waals surface area (Å²) in [6.45, 7) is 2.82. The first-order valence-electron chi connectivity index (χ1n) is 5.74. The summed E-state index contributed by atoms with van der Waals surface area (Å²) in [4.78, 5) is 2.58. The average molecular weight is 260 g/mol. The lowest BCUT2D eigenvalue weighted by Crippen LogP contribution is -1.98. The van der Waals surface area contributed by atoms with Gasteiger partial charge in [-0.1, -0.05) is 6.92 Å². The van der Waals surface area contributed by atoms with Gasteiger partial charge in [0.2, 0.25) is 0 Å². The number of aryl methyl sites for hydroxylation is 1. The molecule has 2 rings (SSSR count). The average Bonchev–Trinajstić information content (AvgIpc) is 2.86.